The molecule has 0 aliphatic heterocycles. The topological polar surface area (TPSA) is 4.44 Å². The molecule has 9 heavy (non-hydrogen) atoms. The average molecular weight is 130 g/mol. The number of nitrogens with one attached hydrogen (secondary N) is 1. The quantitative estimate of drug-likeness (QED) is 0.523. The summed E-state index contributed by atoms with van der Waals surface area (Å²) in [5.74, 6) is 0. The van der Waals surface area contributed by atoms with Gasteiger partial charge in [-0.05, 0) is 19.8 Å². The number of quaternary nitrogens is 1. The summed E-state index contributed by atoms with van der Waals surface area (Å²) in [6.45, 7) is 7.11. The van der Waals surface area contributed by atoms with E-state index in [1.165, 1.54) is 32.4 Å². The lowest BCUT2D eigenvalue weighted by Gasteiger charge is -2.09. The SMILES string of the molecule is CCCCC[NH+](C)CC. The molecule has 0 heterocycles. The molecule has 1 nitrogen and oxygen atoms in total. The summed E-state index contributed by atoms with van der Waals surface area (Å²) in [7, 11) is 2.26. The second-order valence-corrected chi connectivity index (χ2v) is 2.77. The average Bonchev–Trinajstić information content (AvgIpc) is 1.89. The van der Waals surface area contributed by atoms with Crippen molar-refractivity contribution in [3.63, 3.8) is 0 Å². The van der Waals surface area contributed by atoms with Crippen molar-refractivity contribution in [3.8, 4) is 0 Å². The molecule has 0 radical (unpaired) electrons. The van der Waals surface area contributed by atoms with Crippen LogP contribution in [0.25, 0.3) is 0 Å². The summed E-state index contributed by atoms with van der Waals surface area (Å²) < 4.78 is 0. The maximum atomic E-state index is 2.26. The highest BCUT2D eigenvalue weighted by atomic mass is 15.1. The first kappa shape index (κ1) is 8.96. The van der Waals surface area contributed by atoms with Crippen molar-refractivity contribution in [1.29, 1.82) is 0 Å². The second-order valence-electron chi connectivity index (χ2n) is 2.77. The van der Waals surface area contributed by atoms with E-state index in [1.54, 1.807) is 4.90 Å². The Morgan fingerprint density at radius 2 is 1.78 bits per heavy atom. The highest BCUT2D eigenvalue weighted by Gasteiger charge is 1.94. The van der Waals surface area contributed by atoms with Crippen LogP contribution >= 0.6 is 0 Å². The maximum Gasteiger partial charge on any atom is 0.0768 e. The first-order chi connectivity index (χ1) is 4.31. The third kappa shape index (κ3) is 5.84. The van der Waals surface area contributed by atoms with Gasteiger partial charge in [-0.3, -0.25) is 0 Å². The first-order valence-corrected chi connectivity index (χ1v) is 4.12. The van der Waals surface area contributed by atoms with Crippen LogP contribution in [0, 0.1) is 0 Å². The fourth-order valence-electron chi connectivity index (χ4n) is 0.854. The molecule has 0 aliphatic carbocycles. The van der Waals surface area contributed by atoms with E-state index < -0.39 is 0 Å². The molecule has 0 rings (SSSR count). The fourth-order valence-corrected chi connectivity index (χ4v) is 0.854. The van der Waals surface area contributed by atoms with Crippen LogP contribution in [0.3, 0.4) is 0 Å². The molecule has 0 saturated heterocycles. The van der Waals surface area contributed by atoms with Gasteiger partial charge in [-0.25, -0.2) is 0 Å². The largest absolute Gasteiger partial charge is 0.338 e. The summed E-state index contributed by atoms with van der Waals surface area (Å²) in [6, 6.07) is 0. The van der Waals surface area contributed by atoms with E-state index in [2.05, 4.69) is 20.9 Å². The van der Waals surface area contributed by atoms with Crippen molar-refractivity contribution < 1.29 is 4.90 Å². The van der Waals surface area contributed by atoms with E-state index in [1.807, 2.05) is 0 Å². The number of hydrogen-bond donors (Lipinski definition) is 1. The van der Waals surface area contributed by atoms with Gasteiger partial charge in [0.05, 0.1) is 20.1 Å². The van der Waals surface area contributed by atoms with E-state index in [9.17, 15) is 0 Å². The molecular formula is C8H20N+. The first-order valence-electron chi connectivity index (χ1n) is 4.12. The van der Waals surface area contributed by atoms with Crippen LogP contribution < -0.4 is 4.90 Å². The van der Waals surface area contributed by atoms with Crippen LogP contribution in [-0.2, 0) is 0 Å². The maximum absolute atomic E-state index is 2.26. The lowest BCUT2D eigenvalue weighted by molar-refractivity contribution is -0.877. The zero-order valence-electron chi connectivity index (χ0n) is 7.04. The lowest BCUT2D eigenvalue weighted by atomic mass is 10.2. The van der Waals surface area contributed by atoms with E-state index in [0.29, 0.717) is 0 Å². The number of unbranched alkanes of at least 4 members (excludes halogenated alkanes) is 2. The van der Waals surface area contributed by atoms with Gasteiger partial charge in [0.2, 0.25) is 0 Å². The molecule has 56 valence electrons. The summed E-state index contributed by atoms with van der Waals surface area (Å²) in [6.07, 6.45) is 4.14. The molecule has 0 aromatic carbocycles. The molecule has 0 fully saturated rings. The van der Waals surface area contributed by atoms with Crippen molar-refractivity contribution in [2.45, 2.75) is 33.1 Å². The van der Waals surface area contributed by atoms with Crippen LogP contribution in [0.2, 0.25) is 0 Å². The Morgan fingerprint density at radius 1 is 1.11 bits per heavy atom. The third-order valence-corrected chi connectivity index (χ3v) is 1.81. The third-order valence-electron chi connectivity index (χ3n) is 1.81. The van der Waals surface area contributed by atoms with Gasteiger partial charge in [-0.1, -0.05) is 13.3 Å². The monoisotopic (exact) mass is 130 g/mol. The minimum absolute atomic E-state index is 1.27. The molecule has 1 unspecified atom stereocenters. The molecular weight excluding hydrogens is 110 g/mol. The zero-order chi connectivity index (χ0) is 7.11. The Morgan fingerprint density at radius 3 is 2.22 bits per heavy atom. The van der Waals surface area contributed by atoms with Crippen LogP contribution in [0.15, 0.2) is 0 Å². The highest BCUT2D eigenvalue weighted by Crippen LogP contribution is 1.88. The van der Waals surface area contributed by atoms with Crippen LogP contribution in [0.1, 0.15) is 33.1 Å². The Balaban J connectivity index is 2.88. The molecule has 0 bridgehead atoms. The standard InChI is InChI=1S/C8H19N/c1-4-6-7-8-9(3)5-2/h4-8H2,1-3H3/p+1. The van der Waals surface area contributed by atoms with Gasteiger partial charge in [0.15, 0.2) is 0 Å². The summed E-state index contributed by atoms with van der Waals surface area (Å²) in [5.41, 5.74) is 0. The smallest absolute Gasteiger partial charge is 0.0768 e. The van der Waals surface area contributed by atoms with Gasteiger partial charge in [0.25, 0.3) is 0 Å². The van der Waals surface area contributed by atoms with Gasteiger partial charge < -0.3 is 4.90 Å². The summed E-state index contributed by atoms with van der Waals surface area (Å²) in [4.78, 5) is 1.66. The summed E-state index contributed by atoms with van der Waals surface area (Å²) >= 11 is 0. The Bertz CT molecular complexity index is 52.5. The fraction of sp³-hybridized carbons (Fsp3) is 1.00. The zero-order valence-corrected chi connectivity index (χ0v) is 7.04. The van der Waals surface area contributed by atoms with Gasteiger partial charge in [0, 0.05) is 0 Å². The minimum atomic E-state index is 1.27. The Labute approximate surface area is 59.1 Å². The molecule has 1 N–H and O–H groups in total. The molecule has 0 aromatic rings. The normalized spacial score (nSPS) is 13.7. The molecule has 0 amide bonds. The van der Waals surface area contributed by atoms with Crippen LogP contribution in [0.5, 0.6) is 0 Å². The Kier molecular flexibility index (Phi) is 6.06. The van der Waals surface area contributed by atoms with Gasteiger partial charge in [-0.2, -0.15) is 0 Å². The molecule has 0 aliphatic rings. The van der Waals surface area contributed by atoms with Crippen molar-refractivity contribution in [3.05, 3.63) is 0 Å². The van der Waals surface area contributed by atoms with Crippen LogP contribution in [0.4, 0.5) is 0 Å². The minimum Gasteiger partial charge on any atom is -0.338 e. The van der Waals surface area contributed by atoms with Gasteiger partial charge in [-0.15, -0.1) is 0 Å². The summed E-state index contributed by atoms with van der Waals surface area (Å²) in [5, 5.41) is 0. The van der Waals surface area contributed by atoms with Gasteiger partial charge >= 0.3 is 0 Å². The molecule has 0 saturated carbocycles. The van der Waals surface area contributed by atoms with Crippen molar-refractivity contribution in [1.82, 2.24) is 0 Å². The molecule has 1 atom stereocenters. The second kappa shape index (κ2) is 6.09. The molecule has 0 spiro atoms. The Hall–Kier alpha value is -0.0400. The van der Waals surface area contributed by atoms with Crippen molar-refractivity contribution >= 4 is 0 Å². The molecule has 1 heteroatoms. The van der Waals surface area contributed by atoms with Gasteiger partial charge in [0.1, 0.15) is 0 Å². The van der Waals surface area contributed by atoms with E-state index >= 15 is 0 Å². The van der Waals surface area contributed by atoms with Crippen molar-refractivity contribution in [2.75, 3.05) is 20.1 Å². The van der Waals surface area contributed by atoms with Crippen LogP contribution in [-0.4, -0.2) is 20.1 Å². The highest BCUT2D eigenvalue weighted by molar-refractivity contribution is 4.32. The van der Waals surface area contributed by atoms with E-state index in [0.717, 1.165) is 0 Å². The van der Waals surface area contributed by atoms with E-state index in [-0.39, 0.29) is 0 Å². The predicted octanol–water partition coefficient (Wildman–Crippen LogP) is 0.711. The molecule has 0 aromatic heterocycles. The lowest BCUT2D eigenvalue weighted by Crippen LogP contribution is -3.08. The number of hydrogen-bond acceptors (Lipinski definition) is 0. The van der Waals surface area contributed by atoms with E-state index in [4.69, 9.17) is 0 Å². The number of rotatable bonds is 5. The predicted molar refractivity (Wildman–Crippen MR) is 41.8 cm³/mol. The van der Waals surface area contributed by atoms with Crippen molar-refractivity contribution in [2.24, 2.45) is 0 Å².